The number of nitrogens with one attached hydrogen (secondary N) is 6. The number of benzene rings is 2. The second kappa shape index (κ2) is 23.9. The smallest absolute Gasteiger partial charge is 0.245 e. The molecule has 2 aromatic carbocycles. The molecule has 0 aromatic heterocycles. The van der Waals surface area contributed by atoms with E-state index in [2.05, 4.69) is 56.2 Å². The molecule has 2 fully saturated rings. The highest BCUT2D eigenvalue weighted by Crippen LogP contribution is 2.32. The molecule has 6 rings (SSSR count). The van der Waals surface area contributed by atoms with Gasteiger partial charge in [-0.25, -0.2) is 0 Å². The first kappa shape index (κ1) is 48.6. The summed E-state index contributed by atoms with van der Waals surface area (Å²) in [7, 11) is 3.46. The number of carbonyl (C=O) groups is 6. The number of hydrogen-bond acceptors (Lipinski definition) is 8. The van der Waals surface area contributed by atoms with Gasteiger partial charge in [-0.2, -0.15) is 0 Å². The molecule has 6 N–H and O–H groups in total. The minimum atomic E-state index is -0.792. The molecule has 2 heterocycles. The average molecular weight is 883 g/mol. The Kier molecular flexibility index (Phi) is 18.2. The van der Waals surface area contributed by atoms with Crippen LogP contribution in [0.3, 0.4) is 0 Å². The molecule has 0 unspecified atom stereocenters. The summed E-state index contributed by atoms with van der Waals surface area (Å²) < 4.78 is 0. The van der Waals surface area contributed by atoms with Crippen LogP contribution in [0.25, 0.3) is 0 Å². The largest absolute Gasteiger partial charge is 0.347 e. The maximum Gasteiger partial charge on any atom is 0.245 e. The van der Waals surface area contributed by atoms with E-state index in [1.54, 1.807) is 23.9 Å². The van der Waals surface area contributed by atoms with Gasteiger partial charge in [-0.15, -0.1) is 0 Å². The molecule has 2 aromatic rings. The van der Waals surface area contributed by atoms with E-state index >= 15 is 0 Å². The van der Waals surface area contributed by atoms with E-state index < -0.39 is 36.3 Å². The first-order valence-corrected chi connectivity index (χ1v) is 24.4. The highest BCUT2D eigenvalue weighted by molar-refractivity contribution is 5.94. The Labute approximate surface area is 380 Å². The molecule has 8 atom stereocenters. The summed E-state index contributed by atoms with van der Waals surface area (Å²) >= 11 is 0. The Bertz CT molecular complexity index is 1780. The van der Waals surface area contributed by atoms with Crippen molar-refractivity contribution in [2.24, 2.45) is 0 Å². The van der Waals surface area contributed by atoms with Gasteiger partial charge in [0.2, 0.25) is 35.4 Å². The maximum absolute atomic E-state index is 14.3. The number of carbonyl (C=O) groups excluding carboxylic acids is 6. The van der Waals surface area contributed by atoms with Gasteiger partial charge in [0.1, 0.15) is 24.2 Å². The highest BCUT2D eigenvalue weighted by Gasteiger charge is 2.41. The number of amides is 6. The molecule has 6 amide bonds. The maximum atomic E-state index is 14.3. The van der Waals surface area contributed by atoms with Crippen molar-refractivity contribution in [3.05, 3.63) is 70.8 Å². The third kappa shape index (κ3) is 12.1. The van der Waals surface area contributed by atoms with E-state index in [0.717, 1.165) is 62.5 Å². The summed E-state index contributed by atoms with van der Waals surface area (Å²) in [5, 5.41) is 18.7. The monoisotopic (exact) mass is 883 g/mol. The molecule has 0 radical (unpaired) electrons. The van der Waals surface area contributed by atoms with Crippen molar-refractivity contribution < 1.29 is 28.8 Å². The van der Waals surface area contributed by atoms with E-state index in [4.69, 9.17) is 0 Å². The first-order valence-electron chi connectivity index (χ1n) is 24.4. The van der Waals surface area contributed by atoms with E-state index in [-0.39, 0.29) is 47.5 Å². The van der Waals surface area contributed by atoms with Gasteiger partial charge in [0.05, 0.1) is 24.2 Å². The van der Waals surface area contributed by atoms with Crippen molar-refractivity contribution in [3.8, 4) is 0 Å². The predicted molar refractivity (Wildman–Crippen MR) is 248 cm³/mol. The quantitative estimate of drug-likeness (QED) is 0.0980. The van der Waals surface area contributed by atoms with Gasteiger partial charge in [0.15, 0.2) is 0 Å². The van der Waals surface area contributed by atoms with E-state index in [0.29, 0.717) is 77.3 Å². The minimum absolute atomic E-state index is 0.0904. The number of unbranched alkanes of at least 4 members (excludes halogenated alkanes) is 3. The van der Waals surface area contributed by atoms with E-state index in [1.165, 1.54) is 11.1 Å². The lowest BCUT2D eigenvalue weighted by Gasteiger charge is -2.32. The van der Waals surface area contributed by atoms with Crippen LogP contribution in [-0.4, -0.2) is 109 Å². The van der Waals surface area contributed by atoms with Gasteiger partial charge in [-0.3, -0.25) is 28.8 Å². The lowest BCUT2D eigenvalue weighted by molar-refractivity contribution is -0.142. The van der Waals surface area contributed by atoms with E-state index in [1.807, 2.05) is 38.1 Å². The fraction of sp³-hybridized carbons (Fsp3) is 0.640. The molecule has 2 aliphatic carbocycles. The third-order valence-electron chi connectivity index (χ3n) is 14.2. The molecule has 2 saturated heterocycles. The zero-order valence-electron chi connectivity index (χ0n) is 38.7. The van der Waals surface area contributed by atoms with Gasteiger partial charge >= 0.3 is 0 Å². The van der Waals surface area contributed by atoms with Crippen molar-refractivity contribution in [2.45, 2.75) is 178 Å². The fourth-order valence-corrected chi connectivity index (χ4v) is 10.5. The molecule has 0 spiro atoms. The topological polar surface area (TPSA) is 181 Å². The number of fused-ring (bicyclic) bond motifs is 2. The van der Waals surface area contributed by atoms with Crippen molar-refractivity contribution in [3.63, 3.8) is 0 Å². The van der Waals surface area contributed by atoms with Crippen LogP contribution in [0.2, 0.25) is 0 Å². The SMILES string of the molecule is CC[C@H](NC)C(=O)N[C@@H](CCCCCC[C@H](NC(=O)[C@@H](CC)NC)C(=O)N1CCC[C@H]1C(=O)N[C@@H]1CCCc2ccccc21)C(=O)N1CCC[C@H]1C(=O)N[C@@H]1CCCc2ccccc21. The van der Waals surface area contributed by atoms with Gasteiger partial charge < -0.3 is 41.7 Å². The fourth-order valence-electron chi connectivity index (χ4n) is 10.5. The highest BCUT2D eigenvalue weighted by atomic mass is 16.2. The number of aryl methyl sites for hydroxylation is 2. The zero-order chi connectivity index (χ0) is 45.6. The summed E-state index contributed by atoms with van der Waals surface area (Å²) in [5.74, 6) is -1.26. The summed E-state index contributed by atoms with van der Waals surface area (Å²) in [6, 6.07) is 12.6. The molecule has 2 aliphatic heterocycles. The molecule has 14 nitrogen and oxygen atoms in total. The average Bonchev–Trinajstić information content (AvgIpc) is 4.02. The zero-order valence-corrected chi connectivity index (χ0v) is 38.7. The number of rotatable bonds is 21. The van der Waals surface area contributed by atoms with Crippen LogP contribution in [0.5, 0.6) is 0 Å². The van der Waals surface area contributed by atoms with Crippen LogP contribution >= 0.6 is 0 Å². The standard InChI is InChI=1S/C50H74N8O6/c1-5-37(51-3)45(59)55-41(49(63)57-31-17-29-43(57)47(61)53-39-27-15-21-33-19-11-13-23-35(33)39)25-9-7-8-10-26-42(56-46(60)38(6-2)52-4)50(64)58-32-18-30-44(58)48(62)54-40-28-16-22-34-20-12-14-24-36(34)40/h11-14,19-20,23-24,37-44,51-52H,5-10,15-18,21-22,25-32H2,1-4H3,(H,53,61)(H,54,62)(H,55,59)(H,56,60)/t37-,38+,39-,40-,41+,42+,43+,44+/m1/s1. The van der Waals surface area contributed by atoms with E-state index in [9.17, 15) is 28.8 Å². The summed E-state index contributed by atoms with van der Waals surface area (Å²) in [6.07, 6.45) is 12.9. The van der Waals surface area contributed by atoms with Gasteiger partial charge in [-0.1, -0.05) is 88.1 Å². The van der Waals surface area contributed by atoms with Crippen molar-refractivity contribution in [1.82, 2.24) is 41.7 Å². The number of likely N-dealkylation sites (tertiary alicyclic amines) is 2. The summed E-state index contributed by atoms with van der Waals surface area (Å²) in [5.41, 5.74) is 4.80. The molecule has 14 heteroatoms. The van der Waals surface area contributed by atoms with Crippen LogP contribution in [-0.2, 0) is 41.6 Å². The molecular weight excluding hydrogens is 809 g/mol. The third-order valence-corrected chi connectivity index (χ3v) is 14.2. The van der Waals surface area contributed by atoms with Crippen LogP contribution in [0.15, 0.2) is 48.5 Å². The Hall–Kier alpha value is -4.82. The second-order valence-corrected chi connectivity index (χ2v) is 18.3. The first-order chi connectivity index (χ1) is 31.1. The normalized spacial score (nSPS) is 22.3. The van der Waals surface area contributed by atoms with Crippen LogP contribution in [0.4, 0.5) is 0 Å². The van der Waals surface area contributed by atoms with Crippen molar-refractivity contribution in [1.29, 1.82) is 0 Å². The molecule has 0 saturated carbocycles. The van der Waals surface area contributed by atoms with Crippen LogP contribution in [0.1, 0.15) is 151 Å². The lowest BCUT2D eigenvalue weighted by Crippen LogP contribution is -2.56. The van der Waals surface area contributed by atoms with Gasteiger partial charge in [0.25, 0.3) is 0 Å². The van der Waals surface area contributed by atoms with Crippen LogP contribution in [0, 0.1) is 0 Å². The Balaban J connectivity index is 1.06. The molecule has 350 valence electrons. The molecule has 4 aliphatic rings. The molecule has 64 heavy (non-hydrogen) atoms. The van der Waals surface area contributed by atoms with Crippen molar-refractivity contribution in [2.75, 3.05) is 27.2 Å². The van der Waals surface area contributed by atoms with Gasteiger partial charge in [0, 0.05) is 13.1 Å². The summed E-state index contributed by atoms with van der Waals surface area (Å²) in [6.45, 7) is 4.74. The Morgan fingerprint density at radius 1 is 0.547 bits per heavy atom. The minimum Gasteiger partial charge on any atom is -0.347 e. The van der Waals surface area contributed by atoms with Gasteiger partial charge in [-0.05, 0) is 126 Å². The van der Waals surface area contributed by atoms with Crippen molar-refractivity contribution >= 4 is 35.4 Å². The number of nitrogens with zero attached hydrogens (tertiary/aromatic N) is 2. The Morgan fingerprint density at radius 3 is 1.34 bits per heavy atom. The summed E-state index contributed by atoms with van der Waals surface area (Å²) in [4.78, 5) is 86.5. The number of hydrogen-bond donors (Lipinski definition) is 6. The molecular formula is C50H74N8O6. The predicted octanol–water partition coefficient (Wildman–Crippen LogP) is 4.66. The van der Waals surface area contributed by atoms with Crippen LogP contribution < -0.4 is 31.9 Å². The Morgan fingerprint density at radius 2 is 0.953 bits per heavy atom. The molecule has 0 bridgehead atoms. The second-order valence-electron chi connectivity index (χ2n) is 18.3. The number of likely N-dealkylation sites (N-methyl/N-ethyl adjacent to an activating group) is 2. The lowest BCUT2D eigenvalue weighted by atomic mass is 9.87.